The van der Waals surface area contributed by atoms with E-state index in [0.29, 0.717) is 35.7 Å². The Hall–Kier alpha value is -3.40. The number of ether oxygens (including phenoxy) is 2. The summed E-state index contributed by atoms with van der Waals surface area (Å²) in [5.41, 5.74) is 1.32. The second-order valence-electron chi connectivity index (χ2n) is 10.9. The molecule has 0 spiro atoms. The van der Waals surface area contributed by atoms with Crippen molar-refractivity contribution in [2.45, 2.75) is 39.5 Å². The molecular formula is C30H39ClN4O5. The summed E-state index contributed by atoms with van der Waals surface area (Å²) in [6, 6.07) is 14.2. The third-order valence-corrected chi connectivity index (χ3v) is 6.92. The molecule has 0 aliphatic carbocycles. The highest BCUT2D eigenvalue weighted by Crippen LogP contribution is 2.31. The van der Waals surface area contributed by atoms with Gasteiger partial charge in [0.1, 0.15) is 11.4 Å². The standard InChI is InChI=1S/C30H39ClN4O5/c1-30(2,16-14-25(36)23-18-21(31)12-13-26(23)40-20-39-6)19-27(37)32-28-24(15-17-33(3)4)34(5)35(29(28)38)22-10-8-7-9-11-22/h7-13,18H,14-17,19-20H2,1-6H3,(H,32,37). The fourth-order valence-corrected chi connectivity index (χ4v) is 4.68. The molecule has 0 bridgehead atoms. The van der Waals surface area contributed by atoms with Crippen LogP contribution >= 0.6 is 11.6 Å². The maximum Gasteiger partial charge on any atom is 0.295 e. The third-order valence-electron chi connectivity index (χ3n) is 6.69. The molecular weight excluding hydrogens is 532 g/mol. The van der Waals surface area contributed by atoms with Gasteiger partial charge in [0.25, 0.3) is 5.56 Å². The van der Waals surface area contributed by atoms with Gasteiger partial charge >= 0.3 is 0 Å². The van der Waals surface area contributed by atoms with Crippen molar-refractivity contribution in [1.29, 1.82) is 0 Å². The Balaban J connectivity index is 1.75. The van der Waals surface area contributed by atoms with Crippen LogP contribution in [0.5, 0.6) is 5.75 Å². The highest BCUT2D eigenvalue weighted by Gasteiger charge is 2.27. The maximum atomic E-state index is 13.5. The Kier molecular flexibility index (Phi) is 10.7. The zero-order valence-electron chi connectivity index (χ0n) is 24.1. The monoisotopic (exact) mass is 570 g/mol. The molecule has 0 aliphatic heterocycles. The number of halogens is 1. The third kappa shape index (κ3) is 8.06. The quantitative estimate of drug-likeness (QED) is 0.218. The number of anilines is 1. The van der Waals surface area contributed by atoms with E-state index in [-0.39, 0.29) is 42.6 Å². The molecule has 1 amide bonds. The van der Waals surface area contributed by atoms with Crippen molar-refractivity contribution < 1.29 is 19.1 Å². The van der Waals surface area contributed by atoms with Crippen molar-refractivity contribution in [3.05, 3.63) is 75.2 Å². The summed E-state index contributed by atoms with van der Waals surface area (Å²) < 4.78 is 13.8. The molecule has 9 nitrogen and oxygen atoms in total. The second kappa shape index (κ2) is 13.8. The summed E-state index contributed by atoms with van der Waals surface area (Å²) in [5.74, 6) is -0.0176. The van der Waals surface area contributed by atoms with Crippen LogP contribution in [0.3, 0.4) is 0 Å². The summed E-state index contributed by atoms with van der Waals surface area (Å²) in [6.07, 6.45) is 1.37. The van der Waals surface area contributed by atoms with E-state index in [2.05, 4.69) is 5.32 Å². The Labute approximate surface area is 240 Å². The average molecular weight is 571 g/mol. The summed E-state index contributed by atoms with van der Waals surface area (Å²) in [7, 11) is 7.25. The fourth-order valence-electron chi connectivity index (χ4n) is 4.51. The van der Waals surface area contributed by atoms with Gasteiger partial charge in [-0.3, -0.25) is 19.1 Å². The van der Waals surface area contributed by atoms with Crippen LogP contribution in [-0.2, 0) is 23.0 Å². The van der Waals surface area contributed by atoms with Crippen LogP contribution in [0, 0.1) is 5.41 Å². The van der Waals surface area contributed by atoms with Crippen molar-refractivity contribution in [3.63, 3.8) is 0 Å². The smallest absolute Gasteiger partial charge is 0.295 e. The molecule has 0 saturated heterocycles. The fraction of sp³-hybridized carbons (Fsp3) is 0.433. The lowest BCUT2D eigenvalue weighted by atomic mass is 9.82. The average Bonchev–Trinajstić information content (AvgIpc) is 3.13. The Morgan fingerprint density at radius 3 is 2.45 bits per heavy atom. The molecule has 0 aliphatic rings. The van der Waals surface area contributed by atoms with E-state index in [4.69, 9.17) is 21.1 Å². The summed E-state index contributed by atoms with van der Waals surface area (Å²) in [4.78, 5) is 41.8. The van der Waals surface area contributed by atoms with Crippen molar-refractivity contribution in [3.8, 4) is 11.4 Å². The van der Waals surface area contributed by atoms with Crippen molar-refractivity contribution >= 4 is 29.0 Å². The first-order valence-corrected chi connectivity index (χ1v) is 13.6. The molecule has 10 heteroatoms. The van der Waals surface area contributed by atoms with Crippen molar-refractivity contribution in [2.75, 3.05) is 39.9 Å². The number of nitrogens with zero attached hydrogens (tertiary/aromatic N) is 3. The number of rotatable bonds is 14. The number of ketones is 1. The predicted molar refractivity (Wildman–Crippen MR) is 158 cm³/mol. The van der Waals surface area contributed by atoms with Gasteiger partial charge in [-0.05, 0) is 56.3 Å². The lowest BCUT2D eigenvalue weighted by molar-refractivity contribution is -0.118. The zero-order valence-corrected chi connectivity index (χ0v) is 24.9. The van der Waals surface area contributed by atoms with E-state index in [0.717, 1.165) is 11.4 Å². The van der Waals surface area contributed by atoms with Gasteiger partial charge in [0.05, 0.1) is 16.9 Å². The number of Topliss-reactive ketones (excluding diaryl/α,β-unsaturated/α-hetero) is 1. The number of nitrogens with one attached hydrogen (secondary N) is 1. The van der Waals surface area contributed by atoms with Gasteiger partial charge in [-0.2, -0.15) is 0 Å². The van der Waals surface area contributed by atoms with Gasteiger partial charge < -0.3 is 19.7 Å². The van der Waals surface area contributed by atoms with E-state index in [1.807, 2.05) is 70.2 Å². The SMILES string of the molecule is COCOc1ccc(Cl)cc1C(=O)CCC(C)(C)CC(=O)Nc1c(CCN(C)C)n(C)n(-c2ccccc2)c1=O. The predicted octanol–water partition coefficient (Wildman–Crippen LogP) is 4.93. The normalized spacial score (nSPS) is 11.6. The zero-order chi connectivity index (χ0) is 29.4. The number of carbonyl (C=O) groups is 2. The molecule has 216 valence electrons. The molecule has 0 saturated carbocycles. The van der Waals surface area contributed by atoms with Crippen molar-refractivity contribution in [1.82, 2.24) is 14.3 Å². The van der Waals surface area contributed by atoms with Crippen LogP contribution < -0.4 is 15.6 Å². The van der Waals surface area contributed by atoms with Crippen LogP contribution in [0.2, 0.25) is 5.02 Å². The number of hydrogen-bond acceptors (Lipinski definition) is 6. The Morgan fingerprint density at radius 2 is 1.80 bits per heavy atom. The molecule has 1 aromatic heterocycles. The number of methoxy groups -OCH3 is 1. The first-order valence-electron chi connectivity index (χ1n) is 13.2. The largest absolute Gasteiger partial charge is 0.467 e. The minimum absolute atomic E-state index is 0.00949. The van der Waals surface area contributed by atoms with E-state index in [9.17, 15) is 14.4 Å². The molecule has 1 heterocycles. The van der Waals surface area contributed by atoms with E-state index in [1.165, 1.54) is 7.11 Å². The van der Waals surface area contributed by atoms with E-state index in [1.54, 1.807) is 27.6 Å². The van der Waals surface area contributed by atoms with Crippen LogP contribution in [0.1, 0.15) is 49.2 Å². The van der Waals surface area contributed by atoms with Gasteiger partial charge in [0.2, 0.25) is 5.91 Å². The molecule has 1 N–H and O–H groups in total. The first kappa shape index (κ1) is 31.1. The first-order chi connectivity index (χ1) is 18.9. The van der Waals surface area contributed by atoms with Crippen LogP contribution in [-0.4, -0.2) is 60.5 Å². The number of likely N-dealkylation sites (N-methyl/N-ethyl adjacent to an activating group) is 1. The Morgan fingerprint density at radius 1 is 1.10 bits per heavy atom. The number of hydrogen-bond donors (Lipinski definition) is 1. The molecule has 0 fully saturated rings. The summed E-state index contributed by atoms with van der Waals surface area (Å²) >= 11 is 6.12. The lowest BCUT2D eigenvalue weighted by Gasteiger charge is -2.24. The van der Waals surface area contributed by atoms with Gasteiger partial charge in [-0.1, -0.05) is 43.6 Å². The molecule has 0 atom stereocenters. The molecule has 3 aromatic rings. The number of benzene rings is 2. The number of amides is 1. The van der Waals surface area contributed by atoms with Crippen LogP contribution in [0.25, 0.3) is 5.69 Å². The topological polar surface area (TPSA) is 94.8 Å². The van der Waals surface area contributed by atoms with E-state index < -0.39 is 5.41 Å². The Bertz CT molecular complexity index is 1380. The minimum Gasteiger partial charge on any atom is -0.467 e. The molecule has 3 rings (SSSR count). The molecule has 2 aromatic carbocycles. The van der Waals surface area contributed by atoms with Gasteiger partial charge in [-0.25, -0.2) is 4.68 Å². The van der Waals surface area contributed by atoms with Crippen LogP contribution in [0.15, 0.2) is 53.3 Å². The second-order valence-corrected chi connectivity index (χ2v) is 11.3. The van der Waals surface area contributed by atoms with E-state index >= 15 is 0 Å². The number of carbonyl (C=O) groups excluding carboxylic acids is 2. The molecule has 0 unspecified atom stereocenters. The lowest BCUT2D eigenvalue weighted by Crippen LogP contribution is -2.26. The van der Waals surface area contributed by atoms with Crippen molar-refractivity contribution in [2.24, 2.45) is 12.5 Å². The van der Waals surface area contributed by atoms with Crippen LogP contribution in [0.4, 0.5) is 5.69 Å². The highest BCUT2D eigenvalue weighted by molar-refractivity contribution is 6.31. The van der Waals surface area contributed by atoms with Gasteiger partial charge in [0, 0.05) is 45.0 Å². The maximum absolute atomic E-state index is 13.5. The minimum atomic E-state index is -0.511. The summed E-state index contributed by atoms with van der Waals surface area (Å²) in [6.45, 7) is 4.58. The van der Waals surface area contributed by atoms with Gasteiger partial charge in [-0.15, -0.1) is 0 Å². The highest BCUT2D eigenvalue weighted by atomic mass is 35.5. The number of para-hydroxylation sites is 1. The number of aromatic nitrogens is 2. The molecule has 40 heavy (non-hydrogen) atoms. The molecule has 0 radical (unpaired) electrons. The van der Waals surface area contributed by atoms with Gasteiger partial charge in [0.15, 0.2) is 12.6 Å². The summed E-state index contributed by atoms with van der Waals surface area (Å²) in [5, 5.41) is 3.33.